The number of carbonyl (C=O) groups is 1. The number of ether oxygens (including phenoxy) is 1. The lowest BCUT2D eigenvalue weighted by Gasteiger charge is -2.26. The molecule has 0 aliphatic rings. The fraction of sp³-hybridized carbons (Fsp3) is 0.889. The monoisotopic (exact) mass is 190 g/mol. The first-order valence-corrected chi connectivity index (χ1v) is 4.41. The number of hydrogen-bond acceptors (Lipinski definition) is 4. The maximum Gasteiger partial charge on any atom is 0.308 e. The lowest BCUT2D eigenvalue weighted by molar-refractivity contribution is -0.360. The Balaban J connectivity index is 4.06. The second-order valence-corrected chi connectivity index (χ2v) is 4.04. The highest BCUT2D eigenvalue weighted by atomic mass is 17.1. The summed E-state index contributed by atoms with van der Waals surface area (Å²) in [5.41, 5.74) is -0.419. The zero-order chi connectivity index (χ0) is 10.5. The lowest BCUT2D eigenvalue weighted by atomic mass is 9.96. The van der Waals surface area contributed by atoms with Crippen LogP contribution in [0.25, 0.3) is 0 Å². The average Bonchev–Trinajstić information content (AvgIpc) is 1.98. The van der Waals surface area contributed by atoms with Crippen LogP contribution in [0.2, 0.25) is 0 Å². The second-order valence-electron chi connectivity index (χ2n) is 4.04. The summed E-state index contributed by atoms with van der Waals surface area (Å²) in [5.74, 6) is -0.350. The van der Waals surface area contributed by atoms with Crippen molar-refractivity contribution in [3.05, 3.63) is 0 Å². The fourth-order valence-corrected chi connectivity index (χ4v) is 0.739. The molecule has 0 heterocycles. The van der Waals surface area contributed by atoms with Crippen LogP contribution in [0.5, 0.6) is 0 Å². The Hall–Kier alpha value is -0.610. The summed E-state index contributed by atoms with van der Waals surface area (Å²) < 4.78 is 4.89. The van der Waals surface area contributed by atoms with Crippen molar-refractivity contribution >= 4 is 5.97 Å². The molecule has 13 heavy (non-hydrogen) atoms. The summed E-state index contributed by atoms with van der Waals surface area (Å²) in [5, 5.41) is 8.50. The van der Waals surface area contributed by atoms with Crippen molar-refractivity contribution in [2.45, 2.75) is 46.8 Å². The Kier molecular flexibility index (Phi) is 4.95. The Morgan fingerprint density at radius 3 is 2.31 bits per heavy atom. The molecule has 0 aromatic carbocycles. The Bertz CT molecular complexity index is 159. The molecule has 1 unspecified atom stereocenters. The third kappa shape index (κ3) is 4.85. The molecule has 0 rings (SSSR count). The van der Waals surface area contributed by atoms with Crippen LogP contribution in [0.1, 0.15) is 40.5 Å². The van der Waals surface area contributed by atoms with E-state index in [-0.39, 0.29) is 5.97 Å². The predicted octanol–water partition coefficient (Wildman–Crippen LogP) is 2.19. The first kappa shape index (κ1) is 12.4. The van der Waals surface area contributed by atoms with E-state index in [4.69, 9.17) is 9.99 Å². The molecule has 0 saturated carbocycles. The molecule has 0 bridgehead atoms. The normalized spacial score (nSPS) is 13.9. The Morgan fingerprint density at radius 1 is 1.46 bits per heavy atom. The minimum atomic E-state index is -0.897. The molecule has 1 atom stereocenters. The maximum atomic E-state index is 11.0. The van der Waals surface area contributed by atoms with Crippen LogP contribution in [0.15, 0.2) is 0 Å². The van der Waals surface area contributed by atoms with Gasteiger partial charge >= 0.3 is 5.97 Å². The molecular formula is C9H18O4. The van der Waals surface area contributed by atoms with Gasteiger partial charge in [0, 0.05) is 11.8 Å². The van der Waals surface area contributed by atoms with Gasteiger partial charge in [0.2, 0.25) is 6.29 Å². The van der Waals surface area contributed by atoms with Crippen LogP contribution in [-0.4, -0.2) is 17.5 Å². The molecule has 78 valence electrons. The molecule has 0 spiro atoms. The van der Waals surface area contributed by atoms with Crippen LogP contribution in [0, 0.1) is 5.41 Å². The number of hydrogen-bond donors (Lipinski definition) is 1. The van der Waals surface area contributed by atoms with E-state index >= 15 is 0 Å². The molecule has 0 fully saturated rings. The van der Waals surface area contributed by atoms with E-state index in [9.17, 15) is 4.79 Å². The highest BCUT2D eigenvalue weighted by molar-refractivity contribution is 5.69. The van der Waals surface area contributed by atoms with Crippen molar-refractivity contribution in [1.82, 2.24) is 0 Å². The molecule has 1 N–H and O–H groups in total. The van der Waals surface area contributed by atoms with Crippen molar-refractivity contribution in [2.75, 3.05) is 0 Å². The van der Waals surface area contributed by atoms with Crippen molar-refractivity contribution in [3.8, 4) is 0 Å². The lowest BCUT2D eigenvalue weighted by Crippen LogP contribution is -2.33. The first-order chi connectivity index (χ1) is 5.91. The van der Waals surface area contributed by atoms with Gasteiger partial charge in [-0.1, -0.05) is 27.7 Å². The summed E-state index contributed by atoms with van der Waals surface area (Å²) in [4.78, 5) is 15.1. The second kappa shape index (κ2) is 5.19. The summed E-state index contributed by atoms with van der Waals surface area (Å²) in [7, 11) is 0. The predicted molar refractivity (Wildman–Crippen MR) is 48.0 cm³/mol. The van der Waals surface area contributed by atoms with Crippen LogP contribution in [0.4, 0.5) is 0 Å². The minimum Gasteiger partial charge on any atom is -0.432 e. The van der Waals surface area contributed by atoms with E-state index < -0.39 is 11.7 Å². The molecular weight excluding hydrogens is 172 g/mol. The van der Waals surface area contributed by atoms with Gasteiger partial charge in [0.1, 0.15) is 0 Å². The summed E-state index contributed by atoms with van der Waals surface area (Å²) >= 11 is 0. The standard InChI is InChI=1S/C9H18O4/c1-5-6-7(10)12-8(13-11)9(2,3)4/h8,11H,5-6H2,1-4H3. The molecule has 0 saturated heterocycles. The van der Waals surface area contributed by atoms with Crippen LogP contribution in [-0.2, 0) is 14.4 Å². The van der Waals surface area contributed by atoms with Gasteiger partial charge in [0.15, 0.2) is 0 Å². The van der Waals surface area contributed by atoms with E-state index in [2.05, 4.69) is 4.89 Å². The SMILES string of the molecule is CCCC(=O)OC(OO)C(C)(C)C. The van der Waals surface area contributed by atoms with Crippen molar-refractivity contribution in [2.24, 2.45) is 5.41 Å². The van der Waals surface area contributed by atoms with Gasteiger partial charge in [-0.05, 0) is 6.42 Å². The van der Waals surface area contributed by atoms with Crippen LogP contribution < -0.4 is 0 Å². The van der Waals surface area contributed by atoms with Crippen LogP contribution in [0.3, 0.4) is 0 Å². The van der Waals surface area contributed by atoms with Crippen molar-refractivity contribution in [3.63, 3.8) is 0 Å². The van der Waals surface area contributed by atoms with E-state index in [0.29, 0.717) is 6.42 Å². The van der Waals surface area contributed by atoms with Gasteiger partial charge in [0.25, 0.3) is 0 Å². The van der Waals surface area contributed by atoms with E-state index in [0.717, 1.165) is 6.42 Å². The zero-order valence-corrected chi connectivity index (χ0v) is 8.66. The zero-order valence-electron chi connectivity index (χ0n) is 8.66. The molecule has 0 radical (unpaired) electrons. The molecule has 0 aromatic heterocycles. The van der Waals surface area contributed by atoms with Crippen molar-refractivity contribution < 1.29 is 19.7 Å². The van der Waals surface area contributed by atoms with Gasteiger partial charge < -0.3 is 4.74 Å². The maximum absolute atomic E-state index is 11.0. The minimum absolute atomic E-state index is 0.343. The van der Waals surface area contributed by atoms with Gasteiger partial charge in [-0.2, -0.15) is 4.89 Å². The largest absolute Gasteiger partial charge is 0.432 e. The van der Waals surface area contributed by atoms with Crippen LogP contribution >= 0.6 is 0 Å². The van der Waals surface area contributed by atoms with Gasteiger partial charge in [-0.25, -0.2) is 5.26 Å². The van der Waals surface area contributed by atoms with Gasteiger partial charge in [0.05, 0.1) is 0 Å². The molecule has 4 heteroatoms. The van der Waals surface area contributed by atoms with E-state index in [1.54, 1.807) is 0 Å². The average molecular weight is 190 g/mol. The smallest absolute Gasteiger partial charge is 0.308 e. The molecule has 4 nitrogen and oxygen atoms in total. The fourth-order valence-electron chi connectivity index (χ4n) is 0.739. The first-order valence-electron chi connectivity index (χ1n) is 4.41. The van der Waals surface area contributed by atoms with E-state index in [1.165, 1.54) is 0 Å². The van der Waals surface area contributed by atoms with Gasteiger partial charge in [-0.15, -0.1) is 0 Å². The quantitative estimate of drug-likeness (QED) is 0.319. The summed E-state index contributed by atoms with van der Waals surface area (Å²) in [6, 6.07) is 0. The molecule has 0 aromatic rings. The highest BCUT2D eigenvalue weighted by Gasteiger charge is 2.29. The summed E-state index contributed by atoms with van der Waals surface area (Å²) in [6.45, 7) is 7.32. The molecule has 0 aliphatic heterocycles. The topological polar surface area (TPSA) is 55.8 Å². The number of carbonyl (C=O) groups excluding carboxylic acids is 1. The number of rotatable bonds is 4. The molecule has 0 amide bonds. The molecule has 0 aliphatic carbocycles. The van der Waals surface area contributed by atoms with Crippen molar-refractivity contribution in [1.29, 1.82) is 0 Å². The highest BCUT2D eigenvalue weighted by Crippen LogP contribution is 2.22. The Morgan fingerprint density at radius 2 is 2.00 bits per heavy atom. The number of esters is 1. The Labute approximate surface area is 78.8 Å². The third-order valence-corrected chi connectivity index (χ3v) is 1.50. The van der Waals surface area contributed by atoms with E-state index in [1.807, 2.05) is 27.7 Å². The third-order valence-electron chi connectivity index (χ3n) is 1.50. The van der Waals surface area contributed by atoms with Gasteiger partial charge in [-0.3, -0.25) is 4.79 Å². The summed E-state index contributed by atoms with van der Waals surface area (Å²) in [6.07, 6.45) is 0.170.